The first-order valence-corrected chi connectivity index (χ1v) is 12.0. The van der Waals surface area contributed by atoms with Gasteiger partial charge in [-0.2, -0.15) is 0 Å². The first-order valence-electron chi connectivity index (χ1n) is 9.65. The van der Waals surface area contributed by atoms with Crippen LogP contribution < -0.4 is 14.8 Å². The summed E-state index contributed by atoms with van der Waals surface area (Å²) in [5.41, 5.74) is 0.792. The highest BCUT2D eigenvalue weighted by molar-refractivity contribution is 7.89. The van der Waals surface area contributed by atoms with E-state index in [1.165, 1.54) is 23.5 Å². The highest BCUT2D eigenvalue weighted by Crippen LogP contribution is 2.25. The number of anilines is 1. The van der Waals surface area contributed by atoms with Gasteiger partial charge < -0.3 is 10.1 Å². The van der Waals surface area contributed by atoms with Crippen LogP contribution in [-0.4, -0.2) is 20.9 Å². The molecule has 0 bridgehead atoms. The number of rotatable bonds is 10. The van der Waals surface area contributed by atoms with Gasteiger partial charge in [0.25, 0.3) is 5.91 Å². The maximum Gasteiger partial charge on any atom is 0.255 e. The fourth-order valence-electron chi connectivity index (χ4n) is 2.68. The van der Waals surface area contributed by atoms with Gasteiger partial charge in [-0.3, -0.25) is 4.79 Å². The number of thiophene rings is 1. The smallest absolute Gasteiger partial charge is 0.255 e. The van der Waals surface area contributed by atoms with Crippen LogP contribution in [-0.2, 0) is 16.6 Å². The van der Waals surface area contributed by atoms with Gasteiger partial charge >= 0.3 is 0 Å². The predicted octanol–water partition coefficient (Wildman–Crippen LogP) is 4.66. The summed E-state index contributed by atoms with van der Waals surface area (Å²) in [6.45, 7) is 2.85. The van der Waals surface area contributed by atoms with Gasteiger partial charge in [0.2, 0.25) is 10.0 Å². The van der Waals surface area contributed by atoms with Crippen molar-refractivity contribution < 1.29 is 17.9 Å². The van der Waals surface area contributed by atoms with E-state index in [0.717, 1.165) is 17.7 Å². The maximum atomic E-state index is 12.7. The van der Waals surface area contributed by atoms with Crippen LogP contribution in [0, 0.1) is 0 Å². The molecule has 2 aromatic carbocycles. The van der Waals surface area contributed by atoms with Crippen LogP contribution in [0.15, 0.2) is 70.9 Å². The van der Waals surface area contributed by atoms with E-state index in [0.29, 0.717) is 18.0 Å². The standard InChI is InChI=1S/C22H24N2O4S2/c1-2-3-13-28-21-12-5-4-11-20(21)24-22(25)17-8-6-10-19(15-17)30(26,27)23-16-18-9-7-14-29-18/h4-12,14-15,23H,2-3,13,16H2,1H3,(H,24,25). The monoisotopic (exact) mass is 444 g/mol. The van der Waals surface area contributed by atoms with Crippen molar-refractivity contribution in [2.45, 2.75) is 31.2 Å². The number of hydrogen-bond acceptors (Lipinski definition) is 5. The number of sulfonamides is 1. The number of unbranched alkanes of at least 4 members (excludes halogenated alkanes) is 1. The number of para-hydroxylation sites is 2. The molecule has 0 aliphatic heterocycles. The van der Waals surface area contributed by atoms with Crippen LogP contribution >= 0.6 is 11.3 Å². The minimum Gasteiger partial charge on any atom is -0.491 e. The molecule has 3 aromatic rings. The van der Waals surface area contributed by atoms with E-state index < -0.39 is 15.9 Å². The summed E-state index contributed by atoms with van der Waals surface area (Å²) in [5, 5.41) is 4.70. The zero-order valence-electron chi connectivity index (χ0n) is 16.6. The topological polar surface area (TPSA) is 84.5 Å². The molecule has 158 valence electrons. The lowest BCUT2D eigenvalue weighted by Crippen LogP contribution is -2.23. The molecule has 0 unspecified atom stereocenters. The Hall–Kier alpha value is -2.68. The third-order valence-electron chi connectivity index (χ3n) is 4.31. The molecule has 0 aliphatic rings. The summed E-state index contributed by atoms with van der Waals surface area (Å²) in [6.07, 6.45) is 1.93. The van der Waals surface area contributed by atoms with Crippen LogP contribution in [0.25, 0.3) is 0 Å². The van der Waals surface area contributed by atoms with Crippen molar-refractivity contribution in [1.82, 2.24) is 4.72 Å². The summed E-state index contributed by atoms with van der Waals surface area (Å²) in [4.78, 5) is 13.7. The lowest BCUT2D eigenvalue weighted by atomic mass is 10.2. The van der Waals surface area contributed by atoms with Crippen molar-refractivity contribution in [2.75, 3.05) is 11.9 Å². The van der Waals surface area contributed by atoms with Crippen LogP contribution in [0.5, 0.6) is 5.75 Å². The lowest BCUT2D eigenvalue weighted by molar-refractivity contribution is 0.102. The zero-order valence-corrected chi connectivity index (χ0v) is 18.3. The van der Waals surface area contributed by atoms with Crippen molar-refractivity contribution in [3.8, 4) is 5.75 Å². The lowest BCUT2D eigenvalue weighted by Gasteiger charge is -2.13. The second-order valence-corrected chi connectivity index (χ2v) is 9.38. The Bertz CT molecular complexity index is 1080. The Balaban J connectivity index is 1.72. The molecule has 0 aliphatic carbocycles. The van der Waals surface area contributed by atoms with Gasteiger partial charge in [0.15, 0.2) is 0 Å². The number of hydrogen-bond donors (Lipinski definition) is 2. The molecule has 1 amide bonds. The molecule has 1 aromatic heterocycles. The Morgan fingerprint density at radius 3 is 2.67 bits per heavy atom. The molecule has 2 N–H and O–H groups in total. The summed E-state index contributed by atoms with van der Waals surface area (Å²) < 4.78 is 33.5. The number of ether oxygens (including phenoxy) is 1. The molecule has 1 heterocycles. The van der Waals surface area contributed by atoms with Crippen LogP contribution in [0.3, 0.4) is 0 Å². The first kappa shape index (κ1) is 22.0. The molecular weight excluding hydrogens is 420 g/mol. The van der Waals surface area contributed by atoms with Gasteiger partial charge in [0, 0.05) is 17.0 Å². The minimum absolute atomic E-state index is 0.0409. The van der Waals surface area contributed by atoms with Gasteiger partial charge in [-0.15, -0.1) is 11.3 Å². The fraction of sp³-hybridized carbons (Fsp3) is 0.227. The van der Waals surface area contributed by atoms with Crippen molar-refractivity contribution in [3.05, 3.63) is 76.5 Å². The molecule has 3 rings (SSSR count). The van der Waals surface area contributed by atoms with E-state index in [-0.39, 0.29) is 17.0 Å². The van der Waals surface area contributed by atoms with E-state index in [1.54, 1.807) is 30.3 Å². The molecule has 0 atom stereocenters. The molecule has 0 saturated heterocycles. The molecule has 0 radical (unpaired) electrons. The molecular formula is C22H24N2O4S2. The Kier molecular flexibility index (Phi) is 7.62. The number of nitrogens with one attached hydrogen (secondary N) is 2. The molecule has 0 spiro atoms. The predicted molar refractivity (Wildman–Crippen MR) is 120 cm³/mol. The van der Waals surface area contributed by atoms with E-state index in [1.807, 2.05) is 23.6 Å². The normalized spacial score (nSPS) is 11.2. The second-order valence-electron chi connectivity index (χ2n) is 6.58. The molecule has 0 fully saturated rings. The van der Waals surface area contributed by atoms with Gasteiger partial charge in [-0.1, -0.05) is 37.6 Å². The van der Waals surface area contributed by atoms with Crippen LogP contribution in [0.2, 0.25) is 0 Å². The maximum absolute atomic E-state index is 12.7. The van der Waals surface area contributed by atoms with Crippen LogP contribution in [0.4, 0.5) is 5.69 Å². The second kappa shape index (κ2) is 10.4. The average molecular weight is 445 g/mol. The Morgan fingerprint density at radius 2 is 1.90 bits per heavy atom. The zero-order chi connectivity index (χ0) is 21.4. The van der Waals surface area contributed by atoms with E-state index in [9.17, 15) is 13.2 Å². The van der Waals surface area contributed by atoms with Gasteiger partial charge in [0.05, 0.1) is 17.2 Å². The minimum atomic E-state index is -3.74. The van der Waals surface area contributed by atoms with Gasteiger partial charge in [-0.05, 0) is 48.2 Å². The first-order chi connectivity index (χ1) is 14.5. The third kappa shape index (κ3) is 5.91. The Labute approximate surface area is 181 Å². The van der Waals surface area contributed by atoms with Gasteiger partial charge in [-0.25, -0.2) is 13.1 Å². The third-order valence-corrected chi connectivity index (χ3v) is 6.59. The van der Waals surface area contributed by atoms with E-state index in [2.05, 4.69) is 17.0 Å². The largest absolute Gasteiger partial charge is 0.491 e. The van der Waals surface area contributed by atoms with Crippen molar-refractivity contribution >= 4 is 33.0 Å². The SMILES string of the molecule is CCCCOc1ccccc1NC(=O)c1cccc(S(=O)(=O)NCc2cccs2)c1. The van der Waals surface area contributed by atoms with E-state index >= 15 is 0 Å². The number of carbonyl (C=O) groups excluding carboxylic acids is 1. The number of carbonyl (C=O) groups is 1. The Morgan fingerprint density at radius 1 is 1.07 bits per heavy atom. The highest BCUT2D eigenvalue weighted by Gasteiger charge is 2.17. The quantitative estimate of drug-likeness (QED) is 0.446. The van der Waals surface area contributed by atoms with E-state index in [4.69, 9.17) is 4.74 Å². The van der Waals surface area contributed by atoms with Gasteiger partial charge in [0.1, 0.15) is 5.75 Å². The molecule has 8 heteroatoms. The highest BCUT2D eigenvalue weighted by atomic mass is 32.2. The van der Waals surface area contributed by atoms with Crippen LogP contribution in [0.1, 0.15) is 35.0 Å². The summed E-state index contributed by atoms with van der Waals surface area (Å²) in [7, 11) is -3.74. The number of amides is 1. The summed E-state index contributed by atoms with van der Waals surface area (Å²) in [6, 6.07) is 16.9. The molecule has 6 nitrogen and oxygen atoms in total. The van der Waals surface area contributed by atoms with Crippen molar-refractivity contribution in [2.24, 2.45) is 0 Å². The van der Waals surface area contributed by atoms with Crippen molar-refractivity contribution in [1.29, 1.82) is 0 Å². The number of benzene rings is 2. The fourth-order valence-corrected chi connectivity index (χ4v) is 4.47. The summed E-state index contributed by atoms with van der Waals surface area (Å²) in [5.74, 6) is 0.178. The van der Waals surface area contributed by atoms with Crippen molar-refractivity contribution in [3.63, 3.8) is 0 Å². The molecule has 30 heavy (non-hydrogen) atoms. The summed E-state index contributed by atoms with van der Waals surface area (Å²) >= 11 is 1.47. The molecule has 0 saturated carbocycles. The average Bonchev–Trinajstić information content (AvgIpc) is 3.28.